The van der Waals surface area contributed by atoms with E-state index in [-0.39, 0.29) is 18.1 Å². The van der Waals surface area contributed by atoms with Gasteiger partial charge in [0, 0.05) is 12.4 Å². The first kappa shape index (κ1) is 16.2. The van der Waals surface area contributed by atoms with Gasteiger partial charge >= 0.3 is 5.97 Å². The molecule has 0 saturated carbocycles. The van der Waals surface area contributed by atoms with Crippen LogP contribution in [0.5, 0.6) is 0 Å². The fourth-order valence-electron chi connectivity index (χ4n) is 2.09. The van der Waals surface area contributed by atoms with Crippen molar-refractivity contribution in [1.82, 2.24) is 30.3 Å². The summed E-state index contributed by atoms with van der Waals surface area (Å²) in [6, 6.07) is 8.42. The van der Waals surface area contributed by atoms with Crippen LogP contribution in [0, 0.1) is 0 Å². The molecule has 25 heavy (non-hydrogen) atoms. The van der Waals surface area contributed by atoms with Crippen molar-refractivity contribution in [2.45, 2.75) is 6.54 Å². The van der Waals surface area contributed by atoms with Crippen LogP contribution in [0.4, 0.5) is 0 Å². The van der Waals surface area contributed by atoms with Gasteiger partial charge in [0.1, 0.15) is 11.4 Å². The van der Waals surface area contributed by atoms with Gasteiger partial charge in [-0.1, -0.05) is 11.3 Å². The number of amides is 1. The standard InChI is InChI=1S/C16H14N6O3/c1-25-16(24)14-13(6-4-8-18-14)22-10-11(20-21-22)9-19-15(23)12-5-2-3-7-17-12/h2-8,10H,9H2,1H3,(H,19,23). The Morgan fingerprint density at radius 1 is 1.16 bits per heavy atom. The topological polar surface area (TPSA) is 112 Å². The zero-order valence-electron chi connectivity index (χ0n) is 13.3. The second-order valence-corrected chi connectivity index (χ2v) is 4.91. The molecule has 1 N–H and O–H groups in total. The number of ether oxygens (including phenoxy) is 1. The summed E-state index contributed by atoms with van der Waals surface area (Å²) < 4.78 is 6.11. The zero-order valence-corrected chi connectivity index (χ0v) is 13.3. The minimum absolute atomic E-state index is 0.124. The van der Waals surface area contributed by atoms with Crippen molar-refractivity contribution >= 4 is 11.9 Å². The highest BCUT2D eigenvalue weighted by atomic mass is 16.5. The van der Waals surface area contributed by atoms with Gasteiger partial charge in [0.2, 0.25) is 0 Å². The van der Waals surface area contributed by atoms with Gasteiger partial charge in [-0.25, -0.2) is 14.5 Å². The molecule has 0 bridgehead atoms. The maximum Gasteiger partial charge on any atom is 0.358 e. The van der Waals surface area contributed by atoms with Crippen LogP contribution in [0.1, 0.15) is 26.7 Å². The van der Waals surface area contributed by atoms with Gasteiger partial charge in [0.25, 0.3) is 5.91 Å². The van der Waals surface area contributed by atoms with Crippen LogP contribution in [-0.2, 0) is 11.3 Å². The molecule has 9 nitrogen and oxygen atoms in total. The monoisotopic (exact) mass is 338 g/mol. The van der Waals surface area contributed by atoms with E-state index >= 15 is 0 Å². The van der Waals surface area contributed by atoms with Crippen molar-refractivity contribution in [1.29, 1.82) is 0 Å². The summed E-state index contributed by atoms with van der Waals surface area (Å²) in [6.07, 6.45) is 4.63. The summed E-state index contributed by atoms with van der Waals surface area (Å²) in [7, 11) is 1.28. The molecule has 3 aromatic rings. The molecule has 9 heteroatoms. The van der Waals surface area contributed by atoms with Gasteiger partial charge in [-0.15, -0.1) is 5.10 Å². The lowest BCUT2D eigenvalue weighted by Gasteiger charge is -2.05. The molecule has 0 saturated heterocycles. The zero-order chi connectivity index (χ0) is 17.6. The Morgan fingerprint density at radius 3 is 2.76 bits per heavy atom. The highest BCUT2D eigenvalue weighted by Crippen LogP contribution is 2.12. The Bertz CT molecular complexity index is 894. The van der Waals surface area contributed by atoms with Gasteiger partial charge in [-0.2, -0.15) is 0 Å². The van der Waals surface area contributed by atoms with E-state index in [1.807, 2.05) is 0 Å². The molecular weight excluding hydrogens is 324 g/mol. The minimum atomic E-state index is -0.573. The van der Waals surface area contributed by atoms with Crippen LogP contribution < -0.4 is 5.32 Å². The van der Waals surface area contributed by atoms with E-state index in [4.69, 9.17) is 4.74 Å². The molecule has 0 fully saturated rings. The highest BCUT2D eigenvalue weighted by Gasteiger charge is 2.16. The van der Waals surface area contributed by atoms with E-state index in [1.54, 1.807) is 42.7 Å². The third-order valence-electron chi connectivity index (χ3n) is 3.28. The van der Waals surface area contributed by atoms with Crippen LogP contribution in [0.15, 0.2) is 48.9 Å². The van der Waals surface area contributed by atoms with Gasteiger partial charge < -0.3 is 10.1 Å². The van der Waals surface area contributed by atoms with Crippen molar-refractivity contribution < 1.29 is 14.3 Å². The summed E-state index contributed by atoms with van der Waals surface area (Å²) in [6.45, 7) is 0.170. The van der Waals surface area contributed by atoms with Crippen LogP contribution in [0.3, 0.4) is 0 Å². The maximum absolute atomic E-state index is 12.0. The Labute approximate surface area is 142 Å². The first-order valence-corrected chi connectivity index (χ1v) is 7.33. The molecule has 0 aliphatic heterocycles. The fraction of sp³-hybridized carbons (Fsp3) is 0.125. The SMILES string of the molecule is COC(=O)c1ncccc1-n1cc(CNC(=O)c2ccccn2)nn1. The van der Waals surface area contributed by atoms with Crippen LogP contribution in [0.25, 0.3) is 5.69 Å². The van der Waals surface area contributed by atoms with Crippen molar-refractivity contribution in [3.8, 4) is 5.69 Å². The molecule has 3 aromatic heterocycles. The Hall–Kier alpha value is -3.62. The predicted octanol–water partition coefficient (Wildman–Crippen LogP) is 0.774. The van der Waals surface area contributed by atoms with Gasteiger partial charge in [0.15, 0.2) is 5.69 Å². The number of carbonyl (C=O) groups is 2. The summed E-state index contributed by atoms with van der Waals surface area (Å²) in [4.78, 5) is 31.7. The quantitative estimate of drug-likeness (QED) is 0.684. The van der Waals surface area contributed by atoms with E-state index in [0.29, 0.717) is 17.1 Å². The lowest BCUT2D eigenvalue weighted by atomic mass is 10.3. The normalized spacial score (nSPS) is 10.3. The maximum atomic E-state index is 12.0. The van der Waals surface area contributed by atoms with E-state index < -0.39 is 5.97 Å². The minimum Gasteiger partial charge on any atom is -0.464 e. The van der Waals surface area contributed by atoms with Gasteiger partial charge in [-0.3, -0.25) is 9.78 Å². The number of nitrogens with zero attached hydrogens (tertiary/aromatic N) is 5. The first-order valence-electron chi connectivity index (χ1n) is 7.33. The van der Waals surface area contributed by atoms with E-state index in [1.165, 1.54) is 18.0 Å². The average Bonchev–Trinajstić information content (AvgIpc) is 3.15. The summed E-state index contributed by atoms with van der Waals surface area (Å²) in [5.41, 5.74) is 1.39. The van der Waals surface area contributed by atoms with Crippen LogP contribution in [0.2, 0.25) is 0 Å². The number of aromatic nitrogens is 5. The molecule has 0 aromatic carbocycles. The number of hydrogen-bond donors (Lipinski definition) is 1. The number of esters is 1. The third-order valence-corrected chi connectivity index (χ3v) is 3.28. The lowest BCUT2D eigenvalue weighted by Crippen LogP contribution is -2.23. The number of methoxy groups -OCH3 is 1. The fourth-order valence-corrected chi connectivity index (χ4v) is 2.09. The molecule has 3 heterocycles. The molecule has 0 aliphatic carbocycles. The van der Waals surface area contributed by atoms with E-state index in [2.05, 4.69) is 25.6 Å². The third kappa shape index (κ3) is 3.66. The van der Waals surface area contributed by atoms with Crippen molar-refractivity contribution in [3.63, 3.8) is 0 Å². The lowest BCUT2D eigenvalue weighted by molar-refractivity contribution is 0.0593. The second kappa shape index (κ2) is 7.30. The summed E-state index contributed by atoms with van der Waals surface area (Å²) in [5.74, 6) is -0.886. The highest BCUT2D eigenvalue weighted by molar-refractivity contribution is 5.92. The molecule has 0 radical (unpaired) electrons. The van der Waals surface area contributed by atoms with Crippen LogP contribution in [-0.4, -0.2) is 43.9 Å². The van der Waals surface area contributed by atoms with E-state index in [9.17, 15) is 9.59 Å². The van der Waals surface area contributed by atoms with Crippen molar-refractivity contribution in [3.05, 3.63) is 66.0 Å². The number of carbonyl (C=O) groups excluding carboxylic acids is 2. The largest absolute Gasteiger partial charge is 0.464 e. The molecular formula is C16H14N6O3. The Kier molecular flexibility index (Phi) is 4.74. The number of hydrogen-bond acceptors (Lipinski definition) is 7. The predicted molar refractivity (Wildman–Crippen MR) is 85.9 cm³/mol. The molecule has 0 aliphatic rings. The van der Waals surface area contributed by atoms with E-state index in [0.717, 1.165) is 0 Å². The molecule has 126 valence electrons. The second-order valence-electron chi connectivity index (χ2n) is 4.91. The molecule has 0 unspecified atom stereocenters. The van der Waals surface area contributed by atoms with Gasteiger partial charge in [0.05, 0.1) is 25.5 Å². The number of rotatable bonds is 5. The van der Waals surface area contributed by atoms with Crippen LogP contribution >= 0.6 is 0 Å². The molecule has 0 atom stereocenters. The number of pyridine rings is 2. The Morgan fingerprint density at radius 2 is 2.00 bits per heavy atom. The molecule has 3 rings (SSSR count). The molecule has 0 spiro atoms. The van der Waals surface area contributed by atoms with Crippen molar-refractivity contribution in [2.75, 3.05) is 7.11 Å². The molecule has 1 amide bonds. The summed E-state index contributed by atoms with van der Waals surface area (Å²) in [5, 5.41) is 10.7. The smallest absolute Gasteiger partial charge is 0.358 e. The Balaban J connectivity index is 1.73. The summed E-state index contributed by atoms with van der Waals surface area (Å²) >= 11 is 0. The first-order chi connectivity index (χ1) is 12.2. The van der Waals surface area contributed by atoms with Crippen molar-refractivity contribution in [2.24, 2.45) is 0 Å². The number of nitrogens with one attached hydrogen (secondary N) is 1. The van der Waals surface area contributed by atoms with Gasteiger partial charge in [-0.05, 0) is 24.3 Å². The average molecular weight is 338 g/mol.